The molecule has 0 saturated heterocycles. The molecule has 0 bridgehead atoms. The predicted octanol–water partition coefficient (Wildman–Crippen LogP) is 2.05. The Labute approximate surface area is 182 Å². The van der Waals surface area contributed by atoms with Crippen LogP contribution in [0.25, 0.3) is 0 Å². The number of nitrogens with two attached hydrogens (primary N) is 2. The molecule has 29 heavy (non-hydrogen) atoms. The first-order valence-corrected chi connectivity index (χ1v) is 11.1. The summed E-state index contributed by atoms with van der Waals surface area (Å²) in [6.07, 6.45) is 0.400. The number of rotatable bonds is 9. The molecule has 158 valence electrons. The number of amides is 1. The Hall–Kier alpha value is -2.02. The number of hydrogen-bond donors (Lipinski definition) is 6. The van der Waals surface area contributed by atoms with E-state index in [1.165, 1.54) is 18.9 Å². The van der Waals surface area contributed by atoms with E-state index in [0.29, 0.717) is 29.2 Å². The smallest absolute Gasteiger partial charge is 0.257 e. The predicted molar refractivity (Wildman–Crippen MR) is 124 cm³/mol. The molecule has 1 aromatic carbocycles. The van der Waals surface area contributed by atoms with Gasteiger partial charge in [0.1, 0.15) is 5.75 Å². The van der Waals surface area contributed by atoms with Crippen LogP contribution in [0, 0.1) is 16.2 Å². The number of ether oxygens (including phenoxy) is 1. The van der Waals surface area contributed by atoms with Crippen molar-refractivity contribution in [2.75, 3.05) is 25.2 Å². The minimum absolute atomic E-state index is 0.0637. The Morgan fingerprint density at radius 1 is 1.24 bits per heavy atom. The highest BCUT2D eigenvalue weighted by Crippen LogP contribution is 2.22. The monoisotopic (exact) mass is 456 g/mol. The lowest BCUT2D eigenvalue weighted by molar-refractivity contribution is -0.120. The van der Waals surface area contributed by atoms with Crippen molar-refractivity contribution >= 4 is 61.6 Å². The number of carbonyl (C=O) groups excluding carboxylic acids is 1. The molecule has 0 saturated carbocycles. The van der Waals surface area contributed by atoms with E-state index in [0.717, 1.165) is 23.5 Å². The van der Waals surface area contributed by atoms with Crippen LogP contribution in [-0.4, -0.2) is 56.7 Å². The highest BCUT2D eigenvalue weighted by atomic mass is 32.2. The van der Waals surface area contributed by atoms with E-state index in [1.54, 1.807) is 24.3 Å². The average Bonchev–Trinajstić information content (AvgIpc) is 2.65. The van der Waals surface area contributed by atoms with Crippen LogP contribution in [0.1, 0.15) is 17.9 Å². The fourth-order valence-corrected chi connectivity index (χ4v) is 4.21. The van der Waals surface area contributed by atoms with Crippen LogP contribution in [-0.2, 0) is 4.79 Å². The summed E-state index contributed by atoms with van der Waals surface area (Å²) >= 11 is 3.22. The minimum Gasteiger partial charge on any atom is -0.497 e. The van der Waals surface area contributed by atoms with Gasteiger partial charge in [-0.25, -0.2) is 0 Å². The molecule has 0 radical (unpaired) electrons. The second-order valence-corrected chi connectivity index (χ2v) is 8.87. The van der Waals surface area contributed by atoms with Gasteiger partial charge in [0.15, 0.2) is 10.3 Å². The fraction of sp³-hybridized carbons (Fsp3) is 0.353. The second-order valence-electron chi connectivity index (χ2n) is 5.52. The molecular formula is C17H24N6O3S3. The Morgan fingerprint density at radius 2 is 1.97 bits per heavy atom. The van der Waals surface area contributed by atoms with Gasteiger partial charge in [0.05, 0.1) is 29.7 Å². The third kappa shape index (κ3) is 9.83. The van der Waals surface area contributed by atoms with Crippen molar-refractivity contribution in [3.8, 4) is 5.75 Å². The standard InChI is InChI=1S/C17H24N6O3S3/c1-26-11-4-2-3-10(7-11)12(8-24)15(25)23-17(22)29-13(18)5-6-27-9-14(19)28-16(20)21/h2-4,7,12,18-19,24H,5-6,8-9H2,1H3,(H3,20,21)(H2,22,23,25). The third-order valence-corrected chi connectivity index (χ3v) is 5.89. The fourth-order valence-electron chi connectivity index (χ4n) is 2.06. The van der Waals surface area contributed by atoms with E-state index in [9.17, 15) is 9.90 Å². The Balaban J connectivity index is 2.53. The third-order valence-electron chi connectivity index (χ3n) is 3.36. The number of nitrogens with zero attached hydrogens (tertiary/aromatic N) is 1. The van der Waals surface area contributed by atoms with Gasteiger partial charge in [-0.1, -0.05) is 12.1 Å². The van der Waals surface area contributed by atoms with Crippen LogP contribution < -0.4 is 16.2 Å². The van der Waals surface area contributed by atoms with Gasteiger partial charge in [-0.3, -0.25) is 21.0 Å². The summed E-state index contributed by atoms with van der Waals surface area (Å²) in [6, 6.07) is 6.80. The van der Waals surface area contributed by atoms with E-state index < -0.39 is 18.4 Å². The first-order valence-electron chi connectivity index (χ1n) is 8.32. The van der Waals surface area contributed by atoms with Crippen molar-refractivity contribution in [3.05, 3.63) is 29.8 Å². The van der Waals surface area contributed by atoms with Crippen LogP contribution >= 0.6 is 35.3 Å². The SMILES string of the molecule is COc1cccc(C(CO)C(=O)N=C(N)SC(=N)CCSCC(=N)SC(=N)N)c1. The maximum Gasteiger partial charge on any atom is 0.257 e. The number of hydrogen-bond acceptors (Lipinski definition) is 9. The van der Waals surface area contributed by atoms with Crippen LogP contribution in [0.15, 0.2) is 29.3 Å². The van der Waals surface area contributed by atoms with Crippen molar-refractivity contribution in [1.29, 1.82) is 16.2 Å². The number of benzene rings is 1. The normalized spacial score (nSPS) is 12.3. The summed E-state index contributed by atoms with van der Waals surface area (Å²) in [7, 11) is 1.51. The van der Waals surface area contributed by atoms with Gasteiger partial charge < -0.3 is 21.3 Å². The first-order chi connectivity index (χ1) is 13.8. The lowest BCUT2D eigenvalue weighted by Crippen LogP contribution is -2.19. The number of methoxy groups -OCH3 is 1. The van der Waals surface area contributed by atoms with Crippen LogP contribution in [0.5, 0.6) is 5.75 Å². The summed E-state index contributed by atoms with van der Waals surface area (Å²) < 4.78 is 5.12. The van der Waals surface area contributed by atoms with E-state index in [2.05, 4.69) is 4.99 Å². The minimum atomic E-state index is -0.862. The molecule has 1 atom stereocenters. The Morgan fingerprint density at radius 3 is 2.59 bits per heavy atom. The zero-order chi connectivity index (χ0) is 21.8. The van der Waals surface area contributed by atoms with Crippen molar-refractivity contribution in [2.45, 2.75) is 12.3 Å². The van der Waals surface area contributed by atoms with Gasteiger partial charge in [-0.15, -0.1) is 0 Å². The van der Waals surface area contributed by atoms with Crippen LogP contribution in [0.2, 0.25) is 0 Å². The van der Waals surface area contributed by atoms with Gasteiger partial charge >= 0.3 is 0 Å². The number of nitrogens with one attached hydrogen (secondary N) is 3. The molecule has 0 spiro atoms. The van der Waals surface area contributed by atoms with E-state index in [-0.39, 0.29) is 20.4 Å². The maximum atomic E-state index is 12.4. The Kier molecular flexibility index (Phi) is 11.4. The molecule has 0 aliphatic rings. The molecule has 0 aliphatic heterocycles. The van der Waals surface area contributed by atoms with Gasteiger partial charge in [-0.2, -0.15) is 16.8 Å². The molecule has 0 heterocycles. The highest BCUT2D eigenvalue weighted by Gasteiger charge is 2.20. The Bertz CT molecular complexity index is 787. The molecule has 1 unspecified atom stereocenters. The van der Waals surface area contributed by atoms with E-state index in [1.807, 2.05) is 0 Å². The molecule has 8 N–H and O–H groups in total. The van der Waals surface area contributed by atoms with E-state index in [4.69, 9.17) is 32.4 Å². The largest absolute Gasteiger partial charge is 0.497 e. The van der Waals surface area contributed by atoms with Gasteiger partial charge in [-0.05, 0) is 47.0 Å². The zero-order valence-electron chi connectivity index (χ0n) is 15.8. The average molecular weight is 457 g/mol. The molecule has 1 rings (SSSR count). The van der Waals surface area contributed by atoms with E-state index >= 15 is 0 Å². The summed E-state index contributed by atoms with van der Waals surface area (Å²) in [5.41, 5.74) is 11.5. The summed E-state index contributed by atoms with van der Waals surface area (Å²) in [4.78, 5) is 16.2. The quantitative estimate of drug-likeness (QED) is 0.185. The zero-order valence-corrected chi connectivity index (χ0v) is 18.3. The molecule has 1 aromatic rings. The number of aliphatic imine (C=N–C) groups is 1. The lowest BCUT2D eigenvalue weighted by Gasteiger charge is -2.12. The lowest BCUT2D eigenvalue weighted by atomic mass is 9.99. The molecule has 0 aliphatic carbocycles. The highest BCUT2D eigenvalue weighted by molar-refractivity contribution is 8.27. The van der Waals surface area contributed by atoms with Gasteiger partial charge in [0.2, 0.25) is 0 Å². The van der Waals surface area contributed by atoms with Crippen LogP contribution in [0.3, 0.4) is 0 Å². The molecule has 0 fully saturated rings. The van der Waals surface area contributed by atoms with Crippen molar-refractivity contribution < 1.29 is 14.6 Å². The maximum absolute atomic E-state index is 12.4. The van der Waals surface area contributed by atoms with Crippen LogP contribution in [0.4, 0.5) is 0 Å². The van der Waals surface area contributed by atoms with Gasteiger partial charge in [0, 0.05) is 12.2 Å². The number of thioether (sulfide) groups is 3. The number of aliphatic hydroxyl groups is 1. The van der Waals surface area contributed by atoms with Gasteiger partial charge in [0.25, 0.3) is 5.91 Å². The molecular weight excluding hydrogens is 432 g/mol. The summed E-state index contributed by atoms with van der Waals surface area (Å²) in [5.74, 6) is 0.0931. The first kappa shape index (κ1) is 25.0. The number of aliphatic hydroxyl groups excluding tert-OH is 1. The topological polar surface area (TPSA) is 182 Å². The second kappa shape index (κ2) is 13.2. The molecule has 0 aromatic heterocycles. The molecule has 9 nitrogen and oxygen atoms in total. The van der Waals surface area contributed by atoms with Crippen molar-refractivity contribution in [1.82, 2.24) is 0 Å². The summed E-state index contributed by atoms with van der Waals surface area (Å²) in [5, 5.41) is 32.6. The number of amidine groups is 2. The number of carbonyl (C=O) groups is 1. The van der Waals surface area contributed by atoms with Crippen molar-refractivity contribution in [2.24, 2.45) is 16.5 Å². The summed E-state index contributed by atoms with van der Waals surface area (Å²) in [6.45, 7) is -0.425. The van der Waals surface area contributed by atoms with Crippen molar-refractivity contribution in [3.63, 3.8) is 0 Å². The molecule has 12 heteroatoms. The molecule has 1 amide bonds.